The topological polar surface area (TPSA) is 66.5 Å². The molecule has 0 aliphatic rings. The van der Waals surface area contributed by atoms with Gasteiger partial charge in [-0.3, -0.25) is 4.79 Å². The van der Waals surface area contributed by atoms with E-state index in [-0.39, 0.29) is 10.8 Å². The van der Waals surface area contributed by atoms with Crippen molar-refractivity contribution in [3.8, 4) is 0 Å². The molecule has 1 amide bonds. The molecular weight excluding hydrogens is 264 g/mol. The normalized spacial score (nSPS) is 11.6. The smallest absolute Gasteiger partial charge is 0.251 e. The van der Waals surface area contributed by atoms with Gasteiger partial charge in [0.05, 0.1) is 4.90 Å². The molecule has 0 atom stereocenters. The molecule has 1 N–H and O–H groups in total. The average molecular weight is 284 g/mol. The van der Waals surface area contributed by atoms with Gasteiger partial charge in [0.15, 0.2) is 0 Å². The molecular formula is C13H20N2O3S. The van der Waals surface area contributed by atoms with Gasteiger partial charge < -0.3 is 5.32 Å². The van der Waals surface area contributed by atoms with E-state index in [0.29, 0.717) is 18.7 Å². The molecule has 19 heavy (non-hydrogen) atoms. The molecule has 5 nitrogen and oxygen atoms in total. The molecule has 1 rings (SSSR count). The third-order valence-corrected chi connectivity index (χ3v) is 5.07. The van der Waals surface area contributed by atoms with Crippen molar-refractivity contribution >= 4 is 15.9 Å². The zero-order valence-electron chi connectivity index (χ0n) is 11.7. The molecule has 0 heterocycles. The molecule has 0 saturated carbocycles. The Morgan fingerprint density at radius 2 is 1.84 bits per heavy atom. The lowest BCUT2D eigenvalue weighted by molar-refractivity contribution is 0.0962. The maximum atomic E-state index is 12.4. The van der Waals surface area contributed by atoms with Crippen LogP contribution in [0.5, 0.6) is 0 Å². The summed E-state index contributed by atoms with van der Waals surface area (Å²) >= 11 is 0. The second kappa shape index (κ2) is 6.16. The zero-order valence-corrected chi connectivity index (χ0v) is 12.5. The molecule has 0 fully saturated rings. The van der Waals surface area contributed by atoms with E-state index in [1.165, 1.54) is 23.5 Å². The van der Waals surface area contributed by atoms with Gasteiger partial charge in [-0.25, -0.2) is 8.42 Å². The lowest BCUT2D eigenvalue weighted by Crippen LogP contribution is -2.31. The number of aryl methyl sites for hydroxylation is 1. The molecule has 106 valence electrons. The van der Waals surface area contributed by atoms with Crippen molar-refractivity contribution in [2.75, 3.05) is 20.1 Å². The van der Waals surface area contributed by atoms with Crippen molar-refractivity contribution in [2.24, 2.45) is 0 Å². The van der Waals surface area contributed by atoms with E-state index in [0.717, 1.165) is 5.56 Å². The molecule has 0 spiro atoms. The summed E-state index contributed by atoms with van der Waals surface area (Å²) in [7, 11) is -2.01. The fraction of sp³-hybridized carbons (Fsp3) is 0.462. The van der Waals surface area contributed by atoms with Crippen LogP contribution >= 0.6 is 0 Å². The summed E-state index contributed by atoms with van der Waals surface area (Å²) in [5.41, 5.74) is 1.13. The minimum absolute atomic E-state index is 0.153. The number of amides is 1. The number of benzene rings is 1. The lowest BCUT2D eigenvalue weighted by atomic mass is 10.1. The zero-order chi connectivity index (χ0) is 14.6. The summed E-state index contributed by atoms with van der Waals surface area (Å²) in [4.78, 5) is 11.9. The van der Waals surface area contributed by atoms with Crippen LogP contribution in [0.2, 0.25) is 0 Å². The minimum Gasteiger partial charge on any atom is -0.355 e. The first-order valence-electron chi connectivity index (χ1n) is 6.21. The Balaban J connectivity index is 3.33. The Kier molecular flexibility index (Phi) is 5.08. The first kappa shape index (κ1) is 15.7. The number of hydrogen-bond donors (Lipinski definition) is 1. The third-order valence-electron chi connectivity index (χ3n) is 3.02. The molecule has 0 bridgehead atoms. The van der Waals surface area contributed by atoms with E-state index in [1.54, 1.807) is 26.8 Å². The number of carbonyl (C=O) groups is 1. The van der Waals surface area contributed by atoms with Gasteiger partial charge in [-0.2, -0.15) is 4.31 Å². The number of rotatable bonds is 5. The van der Waals surface area contributed by atoms with Crippen molar-refractivity contribution in [1.82, 2.24) is 9.62 Å². The molecule has 0 saturated heterocycles. The van der Waals surface area contributed by atoms with Gasteiger partial charge in [0.1, 0.15) is 0 Å². The maximum absolute atomic E-state index is 12.4. The van der Waals surface area contributed by atoms with Gasteiger partial charge in [-0.1, -0.05) is 19.9 Å². The first-order valence-corrected chi connectivity index (χ1v) is 7.65. The SMILES string of the molecule is CCN(CC)S(=O)(=O)c1ccc(C)c(C(=O)NC)c1. The Bertz CT molecular complexity index is 563. The molecule has 1 aromatic carbocycles. The van der Waals surface area contributed by atoms with E-state index in [1.807, 2.05) is 0 Å². The number of nitrogens with zero attached hydrogens (tertiary/aromatic N) is 1. The summed E-state index contributed by atoms with van der Waals surface area (Å²) in [6.07, 6.45) is 0. The molecule has 0 aliphatic heterocycles. The predicted octanol–water partition coefficient (Wildman–Crippen LogP) is 1.39. The van der Waals surface area contributed by atoms with Crippen LogP contribution < -0.4 is 5.32 Å². The van der Waals surface area contributed by atoms with E-state index >= 15 is 0 Å². The molecule has 0 radical (unpaired) electrons. The maximum Gasteiger partial charge on any atom is 0.251 e. The van der Waals surface area contributed by atoms with Crippen molar-refractivity contribution in [3.05, 3.63) is 29.3 Å². The highest BCUT2D eigenvalue weighted by molar-refractivity contribution is 7.89. The first-order chi connectivity index (χ1) is 8.88. The van der Waals surface area contributed by atoms with Crippen molar-refractivity contribution < 1.29 is 13.2 Å². The van der Waals surface area contributed by atoms with Crippen molar-refractivity contribution in [1.29, 1.82) is 0 Å². The summed E-state index contributed by atoms with van der Waals surface area (Å²) in [6.45, 7) is 6.16. The summed E-state index contributed by atoms with van der Waals surface area (Å²) in [6, 6.07) is 4.62. The van der Waals surface area contributed by atoms with Crippen LogP contribution in [0, 0.1) is 6.92 Å². The van der Waals surface area contributed by atoms with Crippen LogP contribution in [0.3, 0.4) is 0 Å². The van der Waals surface area contributed by atoms with E-state index in [2.05, 4.69) is 5.32 Å². The highest BCUT2D eigenvalue weighted by atomic mass is 32.2. The Morgan fingerprint density at radius 1 is 1.26 bits per heavy atom. The second-order valence-electron chi connectivity index (χ2n) is 4.15. The standard InChI is InChI=1S/C13H20N2O3S/c1-5-15(6-2)19(17,18)11-8-7-10(3)12(9-11)13(16)14-4/h7-9H,5-6H2,1-4H3,(H,14,16). The van der Waals surface area contributed by atoms with E-state index in [9.17, 15) is 13.2 Å². The minimum atomic E-state index is -3.53. The fourth-order valence-corrected chi connectivity index (χ4v) is 3.34. The molecule has 6 heteroatoms. The number of carbonyl (C=O) groups excluding carboxylic acids is 1. The predicted molar refractivity (Wildman–Crippen MR) is 74.7 cm³/mol. The highest BCUT2D eigenvalue weighted by Gasteiger charge is 2.23. The molecule has 0 aliphatic carbocycles. The quantitative estimate of drug-likeness (QED) is 0.888. The van der Waals surface area contributed by atoms with Crippen molar-refractivity contribution in [2.45, 2.75) is 25.7 Å². The van der Waals surface area contributed by atoms with Crippen LogP contribution in [0.15, 0.2) is 23.1 Å². The monoisotopic (exact) mass is 284 g/mol. The summed E-state index contributed by atoms with van der Waals surface area (Å²) in [5.74, 6) is -0.283. The Hall–Kier alpha value is -1.40. The van der Waals surface area contributed by atoms with Gasteiger partial charge in [0.2, 0.25) is 10.0 Å². The number of sulfonamides is 1. The van der Waals surface area contributed by atoms with Crippen LogP contribution in [-0.2, 0) is 10.0 Å². The van der Waals surface area contributed by atoms with E-state index < -0.39 is 10.0 Å². The fourth-order valence-electron chi connectivity index (χ4n) is 1.85. The van der Waals surface area contributed by atoms with Gasteiger partial charge >= 0.3 is 0 Å². The summed E-state index contributed by atoms with van der Waals surface area (Å²) in [5, 5.41) is 2.51. The number of nitrogens with one attached hydrogen (secondary N) is 1. The second-order valence-corrected chi connectivity index (χ2v) is 6.08. The Morgan fingerprint density at radius 3 is 2.32 bits per heavy atom. The van der Waals surface area contributed by atoms with Gasteiger partial charge in [-0.15, -0.1) is 0 Å². The van der Waals surface area contributed by atoms with Gasteiger partial charge in [-0.05, 0) is 24.6 Å². The van der Waals surface area contributed by atoms with Crippen LogP contribution in [0.25, 0.3) is 0 Å². The van der Waals surface area contributed by atoms with Crippen LogP contribution in [0.1, 0.15) is 29.8 Å². The largest absolute Gasteiger partial charge is 0.355 e. The molecule has 1 aromatic rings. The van der Waals surface area contributed by atoms with Gasteiger partial charge in [0, 0.05) is 25.7 Å². The van der Waals surface area contributed by atoms with Crippen LogP contribution in [-0.4, -0.2) is 38.8 Å². The van der Waals surface area contributed by atoms with Crippen LogP contribution in [0.4, 0.5) is 0 Å². The molecule has 0 unspecified atom stereocenters. The highest BCUT2D eigenvalue weighted by Crippen LogP contribution is 2.19. The summed E-state index contributed by atoms with van der Waals surface area (Å²) < 4.78 is 26.1. The lowest BCUT2D eigenvalue weighted by Gasteiger charge is -2.19. The van der Waals surface area contributed by atoms with E-state index in [4.69, 9.17) is 0 Å². The Labute approximate surface area is 114 Å². The average Bonchev–Trinajstić information content (AvgIpc) is 2.39. The third kappa shape index (κ3) is 3.13. The van der Waals surface area contributed by atoms with Crippen molar-refractivity contribution in [3.63, 3.8) is 0 Å². The number of hydrogen-bond acceptors (Lipinski definition) is 3. The molecule has 0 aromatic heterocycles. The van der Waals surface area contributed by atoms with Gasteiger partial charge in [0.25, 0.3) is 5.91 Å².